The summed E-state index contributed by atoms with van der Waals surface area (Å²) in [6.45, 7) is 3.59. The van der Waals surface area contributed by atoms with E-state index in [1.165, 1.54) is 23.5 Å². The van der Waals surface area contributed by atoms with Crippen LogP contribution in [0.4, 0.5) is 11.4 Å². The Bertz CT molecular complexity index is 1290. The van der Waals surface area contributed by atoms with E-state index >= 15 is 0 Å². The largest absolute Gasteiger partial charge is 0.496 e. The fourth-order valence-electron chi connectivity index (χ4n) is 4.11. The maximum Gasteiger partial charge on any atom is 0.264 e. The Hall–Kier alpha value is -2.84. The molecule has 3 aromatic rings. The van der Waals surface area contributed by atoms with E-state index in [4.69, 9.17) is 4.74 Å². The SMILES string of the molecule is COc1ccc(S(=O)(=O)N(CC(=O)N2c3ccccc3CC2C)c2ccc(C)cc2)cc1Br. The second kappa shape index (κ2) is 9.19. The lowest BCUT2D eigenvalue weighted by Crippen LogP contribution is -2.45. The number of hydrogen-bond donors (Lipinski definition) is 0. The smallest absolute Gasteiger partial charge is 0.264 e. The van der Waals surface area contributed by atoms with Crippen molar-refractivity contribution in [1.29, 1.82) is 0 Å². The van der Waals surface area contributed by atoms with E-state index in [0.717, 1.165) is 23.2 Å². The normalized spacial score (nSPS) is 15.3. The van der Waals surface area contributed by atoms with Gasteiger partial charge in [0.15, 0.2) is 0 Å². The molecule has 0 saturated carbocycles. The number of carbonyl (C=O) groups is 1. The van der Waals surface area contributed by atoms with E-state index in [0.29, 0.717) is 15.9 Å². The number of amides is 1. The zero-order chi connectivity index (χ0) is 23.8. The molecule has 8 heteroatoms. The molecule has 0 fully saturated rings. The predicted octanol–water partition coefficient (Wildman–Crippen LogP) is 4.94. The number of para-hydroxylation sites is 1. The molecule has 1 amide bonds. The van der Waals surface area contributed by atoms with Gasteiger partial charge in [0.1, 0.15) is 12.3 Å². The van der Waals surface area contributed by atoms with Crippen molar-refractivity contribution in [2.75, 3.05) is 22.9 Å². The number of rotatable bonds is 6. The lowest BCUT2D eigenvalue weighted by Gasteiger charge is -2.29. The molecule has 0 saturated heterocycles. The van der Waals surface area contributed by atoms with Crippen molar-refractivity contribution in [2.24, 2.45) is 0 Å². The molecule has 33 heavy (non-hydrogen) atoms. The Morgan fingerprint density at radius 3 is 2.48 bits per heavy atom. The van der Waals surface area contributed by atoms with Crippen LogP contribution in [0, 0.1) is 6.92 Å². The molecule has 6 nitrogen and oxygen atoms in total. The Morgan fingerprint density at radius 1 is 1.12 bits per heavy atom. The standard InChI is InChI=1S/C25H25BrN2O4S/c1-17-8-10-20(11-9-17)27(33(30,31)21-12-13-24(32-3)22(26)15-21)16-25(29)28-18(2)14-19-6-4-5-7-23(19)28/h4-13,15,18H,14,16H2,1-3H3. The molecule has 172 valence electrons. The number of fused-ring (bicyclic) bond motifs is 1. The van der Waals surface area contributed by atoms with Crippen molar-refractivity contribution in [3.8, 4) is 5.75 Å². The minimum atomic E-state index is -4.03. The van der Waals surface area contributed by atoms with E-state index < -0.39 is 10.0 Å². The quantitative estimate of drug-likeness (QED) is 0.454. The summed E-state index contributed by atoms with van der Waals surface area (Å²) in [6.07, 6.45) is 0.741. The summed E-state index contributed by atoms with van der Waals surface area (Å²) < 4.78 is 34.4. The van der Waals surface area contributed by atoms with Gasteiger partial charge in [-0.15, -0.1) is 0 Å². The molecule has 3 aromatic carbocycles. The number of ether oxygens (including phenoxy) is 1. The third-order valence-corrected chi connectivity index (χ3v) is 8.18. The highest BCUT2D eigenvalue weighted by Crippen LogP contribution is 2.34. The summed E-state index contributed by atoms with van der Waals surface area (Å²) in [5, 5.41) is 0. The number of benzene rings is 3. The van der Waals surface area contributed by atoms with Crippen molar-refractivity contribution >= 4 is 43.2 Å². The van der Waals surface area contributed by atoms with Crippen molar-refractivity contribution < 1.29 is 17.9 Å². The third-order valence-electron chi connectivity index (χ3n) is 5.79. The van der Waals surface area contributed by atoms with Gasteiger partial charge in [-0.1, -0.05) is 35.9 Å². The molecular formula is C25H25BrN2O4S. The van der Waals surface area contributed by atoms with Gasteiger partial charge in [-0.3, -0.25) is 9.10 Å². The number of nitrogens with zero attached hydrogens (tertiary/aromatic N) is 2. The van der Waals surface area contributed by atoms with Crippen LogP contribution >= 0.6 is 15.9 Å². The average molecular weight is 529 g/mol. The Kier molecular flexibility index (Phi) is 6.50. The van der Waals surface area contributed by atoms with Gasteiger partial charge in [-0.05, 0) is 78.2 Å². The molecule has 0 aromatic heterocycles. The third kappa shape index (κ3) is 4.50. The van der Waals surface area contributed by atoms with Gasteiger partial charge in [0, 0.05) is 11.7 Å². The zero-order valence-electron chi connectivity index (χ0n) is 18.7. The van der Waals surface area contributed by atoms with Crippen LogP contribution in [0.3, 0.4) is 0 Å². The van der Waals surface area contributed by atoms with Crippen LogP contribution in [0.1, 0.15) is 18.1 Å². The highest BCUT2D eigenvalue weighted by atomic mass is 79.9. The van der Waals surface area contributed by atoms with E-state index in [2.05, 4.69) is 15.9 Å². The van der Waals surface area contributed by atoms with Gasteiger partial charge in [0.2, 0.25) is 5.91 Å². The van der Waals surface area contributed by atoms with E-state index in [9.17, 15) is 13.2 Å². The number of sulfonamides is 1. The zero-order valence-corrected chi connectivity index (χ0v) is 21.1. The number of hydrogen-bond acceptors (Lipinski definition) is 4. The molecule has 1 unspecified atom stereocenters. The lowest BCUT2D eigenvalue weighted by atomic mass is 10.1. The Labute approximate surface area is 203 Å². The summed E-state index contributed by atoms with van der Waals surface area (Å²) in [7, 11) is -2.52. The van der Waals surface area contributed by atoms with Crippen LogP contribution in [0.5, 0.6) is 5.75 Å². The fraction of sp³-hybridized carbons (Fsp3) is 0.240. The number of halogens is 1. The Morgan fingerprint density at radius 2 is 1.82 bits per heavy atom. The van der Waals surface area contributed by atoms with Crippen LogP contribution in [0.2, 0.25) is 0 Å². The number of aryl methyl sites for hydroxylation is 1. The van der Waals surface area contributed by atoms with Crippen LogP contribution in [-0.4, -0.2) is 34.0 Å². The highest BCUT2D eigenvalue weighted by molar-refractivity contribution is 9.10. The number of methoxy groups -OCH3 is 1. The average Bonchev–Trinajstić information content (AvgIpc) is 3.13. The van der Waals surface area contributed by atoms with E-state index in [1.807, 2.05) is 50.2 Å². The van der Waals surface area contributed by atoms with Gasteiger partial charge in [-0.2, -0.15) is 0 Å². The van der Waals surface area contributed by atoms with Crippen molar-refractivity contribution in [2.45, 2.75) is 31.2 Å². The molecule has 1 heterocycles. The van der Waals surface area contributed by atoms with Gasteiger partial charge in [0.05, 0.1) is 22.2 Å². The highest BCUT2D eigenvalue weighted by Gasteiger charge is 2.34. The monoisotopic (exact) mass is 528 g/mol. The summed E-state index contributed by atoms with van der Waals surface area (Å²) in [5.41, 5.74) is 3.35. The second-order valence-corrected chi connectivity index (χ2v) is 10.8. The van der Waals surface area contributed by atoms with Crippen LogP contribution in [0.25, 0.3) is 0 Å². The van der Waals surface area contributed by atoms with Crippen LogP contribution in [-0.2, 0) is 21.2 Å². The van der Waals surface area contributed by atoms with Crippen molar-refractivity contribution in [3.63, 3.8) is 0 Å². The van der Waals surface area contributed by atoms with Gasteiger partial charge in [0.25, 0.3) is 10.0 Å². The maximum atomic E-state index is 13.7. The van der Waals surface area contributed by atoms with Crippen molar-refractivity contribution in [3.05, 3.63) is 82.3 Å². The van der Waals surface area contributed by atoms with Gasteiger partial charge in [-0.25, -0.2) is 8.42 Å². The molecule has 1 aliphatic heterocycles. The van der Waals surface area contributed by atoms with Gasteiger partial charge < -0.3 is 9.64 Å². The summed E-state index contributed by atoms with van der Waals surface area (Å²) >= 11 is 3.36. The number of carbonyl (C=O) groups excluding carboxylic acids is 1. The molecule has 4 rings (SSSR count). The predicted molar refractivity (Wildman–Crippen MR) is 133 cm³/mol. The first-order chi connectivity index (χ1) is 15.7. The lowest BCUT2D eigenvalue weighted by molar-refractivity contribution is -0.117. The first kappa shape index (κ1) is 23.3. The van der Waals surface area contributed by atoms with Gasteiger partial charge >= 0.3 is 0 Å². The molecule has 0 aliphatic carbocycles. The van der Waals surface area contributed by atoms with Crippen LogP contribution in [0.15, 0.2) is 76.1 Å². The molecular weight excluding hydrogens is 504 g/mol. The summed E-state index contributed by atoms with van der Waals surface area (Å²) in [6, 6.07) is 19.4. The fourth-order valence-corrected chi connectivity index (χ4v) is 6.24. The minimum Gasteiger partial charge on any atom is -0.496 e. The van der Waals surface area contributed by atoms with Crippen LogP contribution < -0.4 is 13.9 Å². The first-order valence-electron chi connectivity index (χ1n) is 10.6. The number of anilines is 2. The molecule has 0 radical (unpaired) electrons. The van der Waals surface area contributed by atoms with E-state index in [-0.39, 0.29) is 23.4 Å². The minimum absolute atomic E-state index is 0.0485. The molecule has 0 N–H and O–H groups in total. The second-order valence-electron chi connectivity index (χ2n) is 8.09. The molecule has 1 aliphatic rings. The molecule has 0 spiro atoms. The molecule has 0 bridgehead atoms. The van der Waals surface area contributed by atoms with E-state index in [1.54, 1.807) is 23.1 Å². The Balaban J connectivity index is 1.74. The summed E-state index contributed by atoms with van der Waals surface area (Å²) in [5.74, 6) is 0.249. The maximum absolute atomic E-state index is 13.7. The first-order valence-corrected chi connectivity index (χ1v) is 12.8. The topological polar surface area (TPSA) is 66.9 Å². The molecule has 1 atom stereocenters. The van der Waals surface area contributed by atoms with Crippen molar-refractivity contribution in [1.82, 2.24) is 0 Å². The summed E-state index contributed by atoms with van der Waals surface area (Å²) in [4.78, 5) is 15.3.